The van der Waals surface area contributed by atoms with Crippen LogP contribution in [-0.2, 0) is 6.54 Å². The number of nitrogens with one attached hydrogen (secondary N) is 1. The van der Waals surface area contributed by atoms with Crippen LogP contribution in [0.5, 0.6) is 0 Å². The highest BCUT2D eigenvalue weighted by Crippen LogP contribution is 2.02. The molecule has 1 aromatic rings. The zero-order valence-electron chi connectivity index (χ0n) is 6.24. The Kier molecular flexibility index (Phi) is 2.43. The molecule has 0 radical (unpaired) electrons. The molecule has 0 saturated carbocycles. The van der Waals surface area contributed by atoms with E-state index in [0.29, 0.717) is 6.54 Å². The third-order valence-electron chi connectivity index (χ3n) is 1.29. The standard InChI is InChI=1S/C6H10N4S/c1-10(6(7)8)2-5-3-11-4-9-5/h3-4H,2H2,1H3,(H3,7,8). The summed E-state index contributed by atoms with van der Waals surface area (Å²) in [5, 5.41) is 9.03. The van der Waals surface area contributed by atoms with Crippen LogP contribution in [0.15, 0.2) is 10.9 Å². The first-order valence-corrected chi connectivity index (χ1v) is 4.06. The second kappa shape index (κ2) is 3.34. The van der Waals surface area contributed by atoms with Gasteiger partial charge in [0.2, 0.25) is 0 Å². The van der Waals surface area contributed by atoms with E-state index in [1.807, 2.05) is 5.38 Å². The first-order valence-electron chi connectivity index (χ1n) is 3.12. The molecule has 0 saturated heterocycles. The van der Waals surface area contributed by atoms with E-state index in [4.69, 9.17) is 11.1 Å². The predicted molar refractivity (Wildman–Crippen MR) is 45.5 cm³/mol. The molecule has 0 bridgehead atoms. The molecule has 0 spiro atoms. The summed E-state index contributed by atoms with van der Waals surface area (Å²) in [6.07, 6.45) is 0. The van der Waals surface area contributed by atoms with E-state index in [1.165, 1.54) is 0 Å². The van der Waals surface area contributed by atoms with Crippen molar-refractivity contribution in [3.63, 3.8) is 0 Å². The highest BCUT2D eigenvalue weighted by Gasteiger charge is 2.01. The third-order valence-corrected chi connectivity index (χ3v) is 1.93. The van der Waals surface area contributed by atoms with Gasteiger partial charge in [-0.3, -0.25) is 5.41 Å². The average molecular weight is 170 g/mol. The summed E-state index contributed by atoms with van der Waals surface area (Å²) in [5.41, 5.74) is 7.96. The second-order valence-corrected chi connectivity index (χ2v) is 2.94. The van der Waals surface area contributed by atoms with Gasteiger partial charge in [0.25, 0.3) is 0 Å². The Morgan fingerprint density at radius 3 is 3.09 bits per heavy atom. The maximum Gasteiger partial charge on any atom is 0.188 e. The SMILES string of the molecule is CN(Cc1cscn1)C(=N)N. The van der Waals surface area contributed by atoms with Crippen LogP contribution in [0.2, 0.25) is 0 Å². The molecule has 0 aliphatic carbocycles. The van der Waals surface area contributed by atoms with E-state index < -0.39 is 0 Å². The molecule has 1 rings (SSSR count). The molecule has 0 atom stereocenters. The summed E-state index contributed by atoms with van der Waals surface area (Å²) < 4.78 is 0. The van der Waals surface area contributed by atoms with Gasteiger partial charge >= 0.3 is 0 Å². The summed E-state index contributed by atoms with van der Waals surface area (Å²) in [6.45, 7) is 0.610. The van der Waals surface area contributed by atoms with Gasteiger partial charge in [-0.1, -0.05) is 0 Å². The van der Waals surface area contributed by atoms with Gasteiger partial charge in [0.1, 0.15) is 0 Å². The Morgan fingerprint density at radius 2 is 2.64 bits per heavy atom. The number of hydrogen-bond donors (Lipinski definition) is 2. The summed E-state index contributed by atoms with van der Waals surface area (Å²) in [7, 11) is 1.77. The summed E-state index contributed by atoms with van der Waals surface area (Å²) in [6, 6.07) is 0. The second-order valence-electron chi connectivity index (χ2n) is 2.22. The molecule has 0 aliphatic heterocycles. The molecule has 3 N–H and O–H groups in total. The molecule has 4 nitrogen and oxygen atoms in total. The molecule has 0 aromatic carbocycles. The van der Waals surface area contributed by atoms with Gasteiger partial charge in [-0.15, -0.1) is 11.3 Å². The topological polar surface area (TPSA) is 66.0 Å². The fourth-order valence-corrected chi connectivity index (χ4v) is 1.19. The number of nitrogens with zero attached hydrogens (tertiary/aromatic N) is 2. The van der Waals surface area contributed by atoms with E-state index in [0.717, 1.165) is 5.69 Å². The van der Waals surface area contributed by atoms with Crippen LogP contribution in [0.25, 0.3) is 0 Å². The molecule has 11 heavy (non-hydrogen) atoms. The minimum absolute atomic E-state index is 0.0676. The molecule has 0 fully saturated rings. The molecule has 0 unspecified atom stereocenters. The van der Waals surface area contributed by atoms with Gasteiger partial charge in [0.05, 0.1) is 17.7 Å². The van der Waals surface area contributed by atoms with Crippen molar-refractivity contribution in [3.05, 3.63) is 16.6 Å². The van der Waals surface area contributed by atoms with Crippen LogP contribution >= 0.6 is 11.3 Å². The molecule has 1 aromatic heterocycles. The molecular weight excluding hydrogens is 160 g/mol. The quantitative estimate of drug-likeness (QED) is 0.501. The molecule has 5 heteroatoms. The van der Waals surface area contributed by atoms with Gasteiger partial charge in [0.15, 0.2) is 5.96 Å². The lowest BCUT2D eigenvalue weighted by Crippen LogP contribution is -2.32. The van der Waals surface area contributed by atoms with Crippen LogP contribution in [0, 0.1) is 5.41 Å². The maximum atomic E-state index is 7.08. The summed E-state index contributed by atoms with van der Waals surface area (Å²) in [4.78, 5) is 5.70. The van der Waals surface area contributed by atoms with Crippen molar-refractivity contribution in [2.24, 2.45) is 5.73 Å². The fraction of sp³-hybridized carbons (Fsp3) is 0.333. The lowest BCUT2D eigenvalue weighted by atomic mass is 10.4. The van der Waals surface area contributed by atoms with Gasteiger partial charge in [-0.25, -0.2) is 4.98 Å². The highest BCUT2D eigenvalue weighted by molar-refractivity contribution is 7.07. The first kappa shape index (κ1) is 8.00. The monoisotopic (exact) mass is 170 g/mol. The van der Waals surface area contributed by atoms with Gasteiger partial charge in [-0.2, -0.15) is 0 Å². The number of aromatic nitrogens is 1. The largest absolute Gasteiger partial charge is 0.370 e. The molecule has 1 heterocycles. The number of nitrogens with two attached hydrogens (primary N) is 1. The predicted octanol–water partition coefficient (Wildman–Crippen LogP) is 0.468. The van der Waals surface area contributed by atoms with E-state index in [2.05, 4.69) is 4.98 Å². The van der Waals surface area contributed by atoms with E-state index >= 15 is 0 Å². The molecule has 60 valence electrons. The van der Waals surface area contributed by atoms with Crippen LogP contribution in [0.1, 0.15) is 5.69 Å². The van der Waals surface area contributed by atoms with Gasteiger partial charge in [0, 0.05) is 12.4 Å². The number of hydrogen-bond acceptors (Lipinski definition) is 3. The average Bonchev–Trinajstić information content (AvgIpc) is 2.39. The van der Waals surface area contributed by atoms with Crippen LogP contribution in [-0.4, -0.2) is 22.9 Å². The van der Waals surface area contributed by atoms with Gasteiger partial charge in [-0.05, 0) is 0 Å². The summed E-state index contributed by atoms with van der Waals surface area (Å²) in [5.74, 6) is 0.0676. The Labute approximate surface area is 69.2 Å². The van der Waals surface area contributed by atoms with Crippen LogP contribution in [0.4, 0.5) is 0 Å². The van der Waals surface area contributed by atoms with Crippen molar-refractivity contribution in [2.45, 2.75) is 6.54 Å². The van der Waals surface area contributed by atoms with Crippen molar-refractivity contribution in [2.75, 3.05) is 7.05 Å². The van der Waals surface area contributed by atoms with Crippen molar-refractivity contribution < 1.29 is 0 Å². The Bertz CT molecular complexity index is 231. The fourth-order valence-electron chi connectivity index (χ4n) is 0.644. The summed E-state index contributed by atoms with van der Waals surface area (Å²) >= 11 is 1.54. The zero-order chi connectivity index (χ0) is 8.27. The Hall–Kier alpha value is -1.10. The van der Waals surface area contributed by atoms with Crippen molar-refractivity contribution in [3.8, 4) is 0 Å². The van der Waals surface area contributed by atoms with Crippen LogP contribution in [0.3, 0.4) is 0 Å². The lowest BCUT2D eigenvalue weighted by Gasteiger charge is -2.14. The number of guanidine groups is 1. The Balaban J connectivity index is 2.50. The minimum Gasteiger partial charge on any atom is -0.370 e. The highest BCUT2D eigenvalue weighted by atomic mass is 32.1. The molecular formula is C6H10N4S. The minimum atomic E-state index is 0.0676. The molecule has 0 aliphatic rings. The lowest BCUT2D eigenvalue weighted by molar-refractivity contribution is 0.485. The third kappa shape index (κ3) is 2.19. The zero-order valence-corrected chi connectivity index (χ0v) is 7.06. The normalized spacial score (nSPS) is 9.55. The van der Waals surface area contributed by atoms with Crippen molar-refractivity contribution in [1.29, 1.82) is 5.41 Å². The number of rotatable bonds is 2. The van der Waals surface area contributed by atoms with E-state index in [1.54, 1.807) is 28.8 Å². The van der Waals surface area contributed by atoms with Gasteiger partial charge < -0.3 is 10.6 Å². The van der Waals surface area contributed by atoms with E-state index in [9.17, 15) is 0 Å². The van der Waals surface area contributed by atoms with Crippen molar-refractivity contribution >= 4 is 17.3 Å². The van der Waals surface area contributed by atoms with Crippen molar-refractivity contribution in [1.82, 2.24) is 9.88 Å². The maximum absolute atomic E-state index is 7.08. The molecule has 0 amide bonds. The van der Waals surface area contributed by atoms with E-state index in [-0.39, 0.29) is 5.96 Å². The Morgan fingerprint density at radius 1 is 1.91 bits per heavy atom. The number of thiazole rings is 1. The van der Waals surface area contributed by atoms with Crippen LogP contribution < -0.4 is 5.73 Å². The smallest absolute Gasteiger partial charge is 0.188 e. The first-order chi connectivity index (χ1) is 5.20.